The average Bonchev–Trinajstić information content (AvgIpc) is 2.95. The van der Waals surface area contributed by atoms with Crippen molar-refractivity contribution in [3.05, 3.63) is 52.8 Å². The molecule has 0 saturated heterocycles. The summed E-state index contributed by atoms with van der Waals surface area (Å²) in [6, 6.07) is 9.34. The molecule has 0 radical (unpaired) electrons. The Hall–Kier alpha value is -2.54. The molecular formula is C22H28N2O4S. The number of nitrogens with zero attached hydrogens (tertiary/aromatic N) is 1. The van der Waals surface area contributed by atoms with E-state index >= 15 is 0 Å². The fourth-order valence-corrected chi connectivity index (χ4v) is 3.67. The average molecular weight is 417 g/mol. The number of hydrogen-bond acceptors (Lipinski definition) is 5. The standard InChI is InChI=1S/C22H28N2O4S/c1-5-9-24-16(3)11-19(17(24)4)20(25)12-28-22(27)14-29-13-21(26)23-18-8-6-7-15(2)10-18/h6-8,10-11H,5,9,12-14H2,1-4H3,(H,23,26). The number of benzene rings is 1. The van der Waals surface area contributed by atoms with E-state index in [-0.39, 0.29) is 29.8 Å². The topological polar surface area (TPSA) is 77.4 Å². The predicted molar refractivity (Wildman–Crippen MR) is 117 cm³/mol. The molecule has 0 fully saturated rings. The Kier molecular flexibility index (Phi) is 8.51. The highest BCUT2D eigenvalue weighted by atomic mass is 32.2. The first kappa shape index (κ1) is 22.7. The van der Waals surface area contributed by atoms with Gasteiger partial charge in [-0.25, -0.2) is 0 Å². The van der Waals surface area contributed by atoms with Crippen LogP contribution in [0.2, 0.25) is 0 Å². The Morgan fingerprint density at radius 1 is 1.10 bits per heavy atom. The molecule has 0 aliphatic carbocycles. The lowest BCUT2D eigenvalue weighted by molar-refractivity contribution is -0.139. The van der Waals surface area contributed by atoms with Crippen LogP contribution in [0.5, 0.6) is 0 Å². The number of esters is 1. The van der Waals surface area contributed by atoms with Crippen LogP contribution in [0, 0.1) is 20.8 Å². The molecule has 0 bridgehead atoms. The van der Waals surface area contributed by atoms with E-state index in [2.05, 4.69) is 16.8 Å². The molecule has 6 nitrogen and oxygen atoms in total. The van der Waals surface area contributed by atoms with E-state index in [1.54, 1.807) is 0 Å². The van der Waals surface area contributed by atoms with Crippen LogP contribution in [0.1, 0.15) is 40.7 Å². The molecule has 0 spiro atoms. The maximum atomic E-state index is 12.4. The number of nitrogens with one attached hydrogen (secondary N) is 1. The maximum absolute atomic E-state index is 12.4. The molecule has 7 heteroatoms. The van der Waals surface area contributed by atoms with Gasteiger partial charge in [0.25, 0.3) is 0 Å². The molecule has 1 heterocycles. The van der Waals surface area contributed by atoms with Crippen molar-refractivity contribution in [2.45, 2.75) is 40.7 Å². The minimum Gasteiger partial charge on any atom is -0.457 e. The SMILES string of the molecule is CCCn1c(C)cc(C(=O)COC(=O)CSCC(=O)Nc2cccc(C)c2)c1C. The van der Waals surface area contributed by atoms with Crippen molar-refractivity contribution >= 4 is 35.1 Å². The van der Waals surface area contributed by atoms with Crippen LogP contribution in [0.3, 0.4) is 0 Å². The van der Waals surface area contributed by atoms with Crippen molar-refractivity contribution in [2.24, 2.45) is 0 Å². The van der Waals surface area contributed by atoms with Gasteiger partial charge in [-0.3, -0.25) is 14.4 Å². The zero-order valence-corrected chi connectivity index (χ0v) is 18.2. The van der Waals surface area contributed by atoms with Gasteiger partial charge in [0.1, 0.15) is 0 Å². The molecule has 0 atom stereocenters. The summed E-state index contributed by atoms with van der Waals surface area (Å²) in [7, 11) is 0. The summed E-state index contributed by atoms with van der Waals surface area (Å²) in [4.78, 5) is 36.2. The zero-order valence-electron chi connectivity index (χ0n) is 17.4. The molecule has 0 unspecified atom stereocenters. The van der Waals surface area contributed by atoms with Crippen molar-refractivity contribution in [3.63, 3.8) is 0 Å². The van der Waals surface area contributed by atoms with E-state index in [1.165, 1.54) is 0 Å². The minimum atomic E-state index is -0.505. The zero-order chi connectivity index (χ0) is 21.4. The summed E-state index contributed by atoms with van der Waals surface area (Å²) < 4.78 is 7.18. The number of Topliss-reactive ketones (excluding diaryl/α,β-unsaturated/α-hetero) is 1. The number of ether oxygens (including phenoxy) is 1. The number of rotatable bonds is 10. The van der Waals surface area contributed by atoms with Gasteiger partial charge < -0.3 is 14.6 Å². The number of carbonyl (C=O) groups is 3. The Labute approximate surface area is 176 Å². The third kappa shape index (κ3) is 6.78. The molecular weight excluding hydrogens is 388 g/mol. The number of aryl methyl sites for hydroxylation is 2. The number of thioether (sulfide) groups is 1. The van der Waals surface area contributed by atoms with Gasteiger partial charge in [0.05, 0.1) is 11.5 Å². The molecule has 29 heavy (non-hydrogen) atoms. The van der Waals surface area contributed by atoms with Crippen molar-refractivity contribution in [1.82, 2.24) is 4.57 Å². The van der Waals surface area contributed by atoms with E-state index in [1.807, 2.05) is 51.1 Å². The van der Waals surface area contributed by atoms with E-state index < -0.39 is 5.97 Å². The number of ketones is 1. The monoisotopic (exact) mass is 416 g/mol. The van der Waals surface area contributed by atoms with Crippen LogP contribution in [0.25, 0.3) is 0 Å². The third-order valence-corrected chi connectivity index (χ3v) is 5.35. The summed E-state index contributed by atoms with van der Waals surface area (Å²) in [6.45, 7) is 8.46. The second-order valence-electron chi connectivity index (χ2n) is 6.93. The van der Waals surface area contributed by atoms with Gasteiger partial charge in [0.15, 0.2) is 6.61 Å². The molecule has 2 rings (SSSR count). The Bertz CT molecular complexity index is 889. The lowest BCUT2D eigenvalue weighted by atomic mass is 10.1. The summed E-state index contributed by atoms with van der Waals surface area (Å²) in [5.74, 6) is -0.753. The van der Waals surface area contributed by atoms with Crippen molar-refractivity contribution in [3.8, 4) is 0 Å². The smallest absolute Gasteiger partial charge is 0.316 e. The second-order valence-corrected chi connectivity index (χ2v) is 7.92. The minimum absolute atomic E-state index is 0.0172. The van der Waals surface area contributed by atoms with Crippen molar-refractivity contribution < 1.29 is 19.1 Å². The second kappa shape index (κ2) is 10.9. The number of anilines is 1. The van der Waals surface area contributed by atoms with Crippen LogP contribution in [0.4, 0.5) is 5.69 Å². The van der Waals surface area contributed by atoms with Crippen LogP contribution < -0.4 is 5.32 Å². The van der Waals surface area contributed by atoms with E-state index in [4.69, 9.17) is 4.74 Å². The van der Waals surface area contributed by atoms with Gasteiger partial charge in [-0.15, -0.1) is 11.8 Å². The van der Waals surface area contributed by atoms with Gasteiger partial charge in [-0.2, -0.15) is 0 Å². The molecule has 0 aliphatic heterocycles. The highest BCUT2D eigenvalue weighted by molar-refractivity contribution is 8.00. The molecule has 1 N–H and O–H groups in total. The summed E-state index contributed by atoms with van der Waals surface area (Å²) in [5, 5.41) is 2.78. The van der Waals surface area contributed by atoms with Crippen molar-refractivity contribution in [1.29, 1.82) is 0 Å². The molecule has 1 aromatic carbocycles. The molecule has 1 amide bonds. The molecule has 156 valence electrons. The third-order valence-electron chi connectivity index (χ3n) is 4.44. The molecule has 2 aromatic rings. The molecule has 1 aromatic heterocycles. The molecule has 0 saturated carbocycles. The first-order valence-electron chi connectivity index (χ1n) is 9.61. The van der Waals surface area contributed by atoms with Gasteiger partial charge in [0.2, 0.25) is 11.7 Å². The summed E-state index contributed by atoms with van der Waals surface area (Å²) in [6.07, 6.45) is 0.980. The fourth-order valence-electron chi connectivity index (χ4n) is 3.06. The normalized spacial score (nSPS) is 10.6. The van der Waals surface area contributed by atoms with Gasteiger partial charge in [0, 0.05) is 29.2 Å². The van der Waals surface area contributed by atoms with Gasteiger partial charge >= 0.3 is 5.97 Å². The number of aromatic nitrogens is 1. The van der Waals surface area contributed by atoms with Crippen LogP contribution in [-0.4, -0.2) is 40.3 Å². The van der Waals surface area contributed by atoms with Gasteiger partial charge in [-0.05, 0) is 51.0 Å². The highest BCUT2D eigenvalue weighted by Crippen LogP contribution is 2.17. The largest absolute Gasteiger partial charge is 0.457 e. The van der Waals surface area contributed by atoms with Crippen LogP contribution in [0.15, 0.2) is 30.3 Å². The van der Waals surface area contributed by atoms with Crippen molar-refractivity contribution in [2.75, 3.05) is 23.4 Å². The maximum Gasteiger partial charge on any atom is 0.316 e. The molecule has 0 aliphatic rings. The lowest BCUT2D eigenvalue weighted by Crippen LogP contribution is -2.18. The number of amides is 1. The van der Waals surface area contributed by atoms with Crippen LogP contribution >= 0.6 is 11.8 Å². The van der Waals surface area contributed by atoms with E-state index in [0.29, 0.717) is 5.56 Å². The first-order valence-corrected chi connectivity index (χ1v) is 10.8. The Balaban J connectivity index is 1.73. The summed E-state index contributed by atoms with van der Waals surface area (Å²) >= 11 is 1.15. The van der Waals surface area contributed by atoms with Gasteiger partial charge in [-0.1, -0.05) is 19.1 Å². The van der Waals surface area contributed by atoms with Crippen LogP contribution in [-0.2, 0) is 20.9 Å². The predicted octanol–water partition coefficient (Wildman–Crippen LogP) is 3.92. The quantitative estimate of drug-likeness (QED) is 0.469. The number of hydrogen-bond donors (Lipinski definition) is 1. The van der Waals surface area contributed by atoms with E-state index in [0.717, 1.165) is 47.4 Å². The first-order chi connectivity index (χ1) is 13.8. The fraction of sp³-hybridized carbons (Fsp3) is 0.409. The number of carbonyl (C=O) groups excluding carboxylic acids is 3. The van der Waals surface area contributed by atoms with E-state index in [9.17, 15) is 14.4 Å². The highest BCUT2D eigenvalue weighted by Gasteiger charge is 2.17. The lowest BCUT2D eigenvalue weighted by Gasteiger charge is -2.08. The summed E-state index contributed by atoms with van der Waals surface area (Å²) in [5.41, 5.74) is 4.29. The Morgan fingerprint density at radius 2 is 1.86 bits per heavy atom. The Morgan fingerprint density at radius 3 is 2.55 bits per heavy atom.